The van der Waals surface area contributed by atoms with Gasteiger partial charge < -0.3 is 15.5 Å². The van der Waals surface area contributed by atoms with E-state index in [2.05, 4.69) is 33.4 Å². The van der Waals surface area contributed by atoms with Crippen molar-refractivity contribution in [3.63, 3.8) is 0 Å². The highest BCUT2D eigenvalue weighted by Crippen LogP contribution is 2.23. The van der Waals surface area contributed by atoms with E-state index in [9.17, 15) is 13.2 Å². The predicted molar refractivity (Wildman–Crippen MR) is 135 cm³/mol. The molecule has 1 aliphatic heterocycles. The van der Waals surface area contributed by atoms with Crippen molar-refractivity contribution in [2.24, 2.45) is 5.92 Å². The molecule has 1 aromatic heterocycles. The zero-order valence-corrected chi connectivity index (χ0v) is 21.8. The molecule has 2 aromatic rings. The van der Waals surface area contributed by atoms with Gasteiger partial charge in [-0.2, -0.15) is 0 Å². The second-order valence-electron chi connectivity index (χ2n) is 9.95. The van der Waals surface area contributed by atoms with Crippen LogP contribution in [0.5, 0.6) is 0 Å². The smallest absolute Gasteiger partial charge is 0.251 e. The maximum Gasteiger partial charge on any atom is 0.251 e. The summed E-state index contributed by atoms with van der Waals surface area (Å²) in [6.07, 6.45) is 2.21. The number of rotatable bonds is 8. The molecule has 1 atom stereocenters. The van der Waals surface area contributed by atoms with Crippen LogP contribution in [0.25, 0.3) is 0 Å². The molecular weight excluding hydrogens is 456 g/mol. The zero-order valence-electron chi connectivity index (χ0n) is 20.2. The number of hydrogen-bond acceptors (Lipinski definition) is 6. The number of aryl methyl sites for hydroxylation is 1. The lowest BCUT2D eigenvalue weighted by Gasteiger charge is -2.29. The van der Waals surface area contributed by atoms with E-state index in [-0.39, 0.29) is 10.8 Å². The molecule has 0 aliphatic carbocycles. The number of hydrogen-bond donors (Lipinski definition) is 3. The van der Waals surface area contributed by atoms with Crippen LogP contribution in [-0.2, 0) is 16.6 Å². The van der Waals surface area contributed by atoms with Crippen LogP contribution in [0.1, 0.15) is 53.7 Å². The molecule has 0 bridgehead atoms. The van der Waals surface area contributed by atoms with Crippen molar-refractivity contribution < 1.29 is 13.2 Å². The average molecular weight is 493 g/mol. The fourth-order valence-electron chi connectivity index (χ4n) is 4.00. The van der Waals surface area contributed by atoms with E-state index in [1.54, 1.807) is 44.2 Å². The summed E-state index contributed by atoms with van der Waals surface area (Å²) in [5, 5.41) is 6.30. The number of sulfonamides is 1. The van der Waals surface area contributed by atoms with Gasteiger partial charge in [0.1, 0.15) is 0 Å². The molecule has 33 heavy (non-hydrogen) atoms. The number of carbonyl (C=O) groups is 1. The van der Waals surface area contributed by atoms with Crippen molar-refractivity contribution in [1.29, 1.82) is 0 Å². The number of likely N-dealkylation sites (tertiary alicyclic amines) is 1. The molecule has 182 valence electrons. The quantitative estimate of drug-likeness (QED) is 0.521. The summed E-state index contributed by atoms with van der Waals surface area (Å²) in [7, 11) is -1.70. The van der Waals surface area contributed by atoms with Crippen molar-refractivity contribution in [2.45, 2.75) is 57.5 Å². The molecule has 1 fully saturated rings. The van der Waals surface area contributed by atoms with Gasteiger partial charge in [-0.1, -0.05) is 0 Å². The third-order valence-corrected chi connectivity index (χ3v) is 8.19. The molecule has 9 heteroatoms. The van der Waals surface area contributed by atoms with E-state index in [0.717, 1.165) is 30.8 Å². The van der Waals surface area contributed by atoms with Gasteiger partial charge in [-0.15, -0.1) is 11.3 Å². The topological polar surface area (TPSA) is 90.5 Å². The van der Waals surface area contributed by atoms with Crippen LogP contribution >= 0.6 is 11.3 Å². The summed E-state index contributed by atoms with van der Waals surface area (Å²) in [5.74, 6) is 0.146. The summed E-state index contributed by atoms with van der Waals surface area (Å²) in [5.41, 5.74) is 0.299. The molecule has 1 aromatic carbocycles. The first-order valence-electron chi connectivity index (χ1n) is 11.4. The Kier molecular flexibility index (Phi) is 8.21. The van der Waals surface area contributed by atoms with Gasteiger partial charge in [0.25, 0.3) is 5.91 Å². The second-order valence-corrected chi connectivity index (χ2v) is 13.0. The van der Waals surface area contributed by atoms with Crippen LogP contribution in [0.4, 0.5) is 5.69 Å². The molecule has 3 N–H and O–H groups in total. The normalized spacial score (nSPS) is 17.7. The first-order chi connectivity index (χ1) is 15.4. The lowest BCUT2D eigenvalue weighted by Crippen LogP contribution is -2.40. The summed E-state index contributed by atoms with van der Waals surface area (Å²) < 4.78 is 28.7. The molecular formula is C24H36N4O3S2. The lowest BCUT2D eigenvalue weighted by atomic mass is 9.98. The van der Waals surface area contributed by atoms with Gasteiger partial charge >= 0.3 is 0 Å². The van der Waals surface area contributed by atoms with Crippen LogP contribution < -0.4 is 15.4 Å². The number of anilines is 1. The van der Waals surface area contributed by atoms with E-state index in [1.165, 1.54) is 10.9 Å². The van der Waals surface area contributed by atoms with Crippen molar-refractivity contribution in [1.82, 2.24) is 14.9 Å². The summed E-state index contributed by atoms with van der Waals surface area (Å²) in [4.78, 5) is 17.7. The third-order valence-electron chi connectivity index (χ3n) is 5.46. The van der Waals surface area contributed by atoms with Gasteiger partial charge in [0.15, 0.2) is 0 Å². The molecule has 1 saturated heterocycles. The Labute approximate surface area is 202 Å². The van der Waals surface area contributed by atoms with Gasteiger partial charge in [-0.05, 0) is 90.4 Å². The molecule has 2 heterocycles. The maximum absolute atomic E-state index is 13.0. The predicted octanol–water partition coefficient (Wildman–Crippen LogP) is 3.82. The highest BCUT2D eigenvalue weighted by Gasteiger charge is 2.24. The second kappa shape index (κ2) is 10.5. The first kappa shape index (κ1) is 25.7. The molecule has 0 saturated carbocycles. The molecule has 0 radical (unpaired) electrons. The molecule has 1 amide bonds. The first-order valence-corrected chi connectivity index (χ1v) is 13.7. The Hall–Kier alpha value is -1.94. The number of amides is 1. The highest BCUT2D eigenvalue weighted by atomic mass is 32.2. The largest absolute Gasteiger partial charge is 0.380 e. The number of piperidine rings is 1. The average Bonchev–Trinajstić information content (AvgIpc) is 3.14. The highest BCUT2D eigenvalue weighted by molar-refractivity contribution is 7.89. The van der Waals surface area contributed by atoms with Gasteiger partial charge in [-0.25, -0.2) is 13.1 Å². The molecule has 1 aliphatic rings. The van der Waals surface area contributed by atoms with E-state index in [1.807, 2.05) is 13.0 Å². The van der Waals surface area contributed by atoms with E-state index < -0.39 is 15.6 Å². The summed E-state index contributed by atoms with van der Waals surface area (Å²) in [6.45, 7) is 10.6. The van der Waals surface area contributed by atoms with Crippen LogP contribution in [-0.4, -0.2) is 51.4 Å². The van der Waals surface area contributed by atoms with Crippen LogP contribution in [0.3, 0.4) is 0 Å². The van der Waals surface area contributed by atoms with Crippen molar-refractivity contribution in [3.8, 4) is 0 Å². The van der Waals surface area contributed by atoms with Crippen molar-refractivity contribution in [3.05, 3.63) is 45.6 Å². The number of benzene rings is 1. The van der Waals surface area contributed by atoms with Gasteiger partial charge in [0.05, 0.1) is 4.90 Å². The van der Waals surface area contributed by atoms with E-state index in [4.69, 9.17) is 0 Å². The number of carbonyl (C=O) groups excluding carboxylic acids is 1. The van der Waals surface area contributed by atoms with Crippen LogP contribution in [0.15, 0.2) is 35.2 Å². The van der Waals surface area contributed by atoms with Crippen LogP contribution in [0.2, 0.25) is 0 Å². The fraction of sp³-hybridized carbons (Fsp3) is 0.542. The fourth-order valence-corrected chi connectivity index (χ4v) is 6.32. The van der Waals surface area contributed by atoms with Gasteiger partial charge in [0, 0.05) is 46.2 Å². The monoisotopic (exact) mass is 492 g/mol. The Morgan fingerprint density at radius 3 is 2.61 bits per heavy atom. The van der Waals surface area contributed by atoms with Gasteiger partial charge in [-0.3, -0.25) is 4.79 Å². The Morgan fingerprint density at radius 1 is 1.21 bits per heavy atom. The maximum atomic E-state index is 13.0. The number of nitrogens with zero attached hydrogens (tertiary/aromatic N) is 1. The minimum absolute atomic E-state index is 0.0762. The van der Waals surface area contributed by atoms with Crippen LogP contribution in [0, 0.1) is 12.8 Å². The van der Waals surface area contributed by atoms with E-state index >= 15 is 0 Å². The number of thiophene rings is 1. The Morgan fingerprint density at radius 2 is 1.97 bits per heavy atom. The molecule has 7 nitrogen and oxygen atoms in total. The lowest BCUT2D eigenvalue weighted by molar-refractivity contribution is 0.0936. The summed E-state index contributed by atoms with van der Waals surface area (Å²) in [6, 6.07) is 8.86. The third kappa shape index (κ3) is 7.81. The number of nitrogens with one attached hydrogen (secondary N) is 3. The molecule has 3 rings (SSSR count). The van der Waals surface area contributed by atoms with E-state index in [0.29, 0.717) is 30.3 Å². The van der Waals surface area contributed by atoms with Crippen molar-refractivity contribution >= 4 is 33.0 Å². The minimum Gasteiger partial charge on any atom is -0.380 e. The van der Waals surface area contributed by atoms with Crippen molar-refractivity contribution in [2.75, 3.05) is 32.0 Å². The Bertz CT molecular complexity index is 1070. The SMILES string of the molecule is Cc1ccc(CNc2cc(C(=O)NC[C@@H]3CCCN(C)C3)cc(S(=O)(=O)NC(C)(C)C)c2)s1. The van der Waals surface area contributed by atoms with Gasteiger partial charge in [0.2, 0.25) is 10.0 Å². The minimum atomic E-state index is -3.79. The Balaban J connectivity index is 1.81. The zero-order chi connectivity index (χ0) is 24.2. The standard InChI is InChI=1S/C24H36N4O3S2/c1-17-8-9-21(32-17)15-25-20-11-19(12-22(13-20)33(30,31)27-24(2,3)4)23(29)26-14-18-7-6-10-28(5)16-18/h8-9,11-13,18,25,27H,6-7,10,14-16H2,1-5H3,(H,26,29)/t18-/m0/s1. The summed E-state index contributed by atoms with van der Waals surface area (Å²) >= 11 is 1.68. The molecule has 0 unspecified atom stereocenters. The molecule has 0 spiro atoms.